The van der Waals surface area contributed by atoms with Crippen molar-refractivity contribution < 1.29 is 17.9 Å². The predicted molar refractivity (Wildman–Crippen MR) is 82.7 cm³/mol. The van der Waals surface area contributed by atoms with Crippen molar-refractivity contribution in [2.24, 2.45) is 0 Å². The zero-order valence-electron chi connectivity index (χ0n) is 11.7. The lowest BCUT2D eigenvalue weighted by Gasteiger charge is -2.14. The summed E-state index contributed by atoms with van der Waals surface area (Å²) < 4.78 is 43.1. The maximum absolute atomic E-state index is 12.2. The molecule has 2 rings (SSSR count). The first kappa shape index (κ1) is 16.8. The van der Waals surface area contributed by atoms with E-state index >= 15 is 0 Å². The van der Waals surface area contributed by atoms with E-state index in [0.29, 0.717) is 17.9 Å². The minimum absolute atomic E-state index is 0.0864. The van der Waals surface area contributed by atoms with E-state index in [1.807, 2.05) is 30.3 Å². The Morgan fingerprint density at radius 2 is 1.77 bits per heavy atom. The first-order valence-corrected chi connectivity index (χ1v) is 7.46. The molecule has 0 radical (unpaired) electrons. The highest BCUT2D eigenvalue weighted by Crippen LogP contribution is 2.24. The Kier molecular flexibility index (Phi) is 5.85. The summed E-state index contributed by atoms with van der Waals surface area (Å²) >= 11 is 3.32. The van der Waals surface area contributed by atoms with Crippen LogP contribution in [0.15, 0.2) is 53.0 Å². The molecule has 1 N–H and O–H groups in total. The van der Waals surface area contributed by atoms with Crippen molar-refractivity contribution in [2.75, 3.05) is 6.54 Å². The Balaban J connectivity index is 2.00. The van der Waals surface area contributed by atoms with Crippen molar-refractivity contribution in [1.82, 2.24) is 5.32 Å². The summed E-state index contributed by atoms with van der Waals surface area (Å²) in [6.07, 6.45) is -4.23. The van der Waals surface area contributed by atoms with E-state index in [9.17, 15) is 13.2 Å². The molecule has 0 heterocycles. The number of hydrogen-bond donors (Lipinski definition) is 1. The number of alkyl halides is 3. The van der Waals surface area contributed by atoms with E-state index in [-0.39, 0.29) is 6.54 Å². The van der Waals surface area contributed by atoms with Gasteiger partial charge in [0.05, 0.1) is 6.54 Å². The summed E-state index contributed by atoms with van der Waals surface area (Å²) in [5.74, 6) is 0.571. The first-order chi connectivity index (χ1) is 10.4. The van der Waals surface area contributed by atoms with Gasteiger partial charge in [0.2, 0.25) is 0 Å². The third-order valence-corrected chi connectivity index (χ3v) is 3.39. The van der Waals surface area contributed by atoms with E-state index in [1.165, 1.54) is 0 Å². The molecule has 0 aliphatic carbocycles. The van der Waals surface area contributed by atoms with Crippen molar-refractivity contribution in [1.29, 1.82) is 0 Å². The van der Waals surface area contributed by atoms with Crippen molar-refractivity contribution in [3.05, 3.63) is 64.1 Å². The van der Waals surface area contributed by atoms with Crippen LogP contribution in [0.1, 0.15) is 11.1 Å². The average molecular weight is 374 g/mol. The predicted octanol–water partition coefficient (Wildman–Crippen LogP) is 4.68. The number of rotatable bonds is 6. The second-order valence-corrected chi connectivity index (χ2v) is 5.66. The molecule has 6 heteroatoms. The highest BCUT2D eigenvalue weighted by Gasteiger charge is 2.26. The molecule has 0 amide bonds. The van der Waals surface area contributed by atoms with E-state index in [0.717, 1.165) is 10.0 Å². The van der Waals surface area contributed by atoms with Crippen molar-refractivity contribution in [3.8, 4) is 5.75 Å². The number of ether oxygens (including phenoxy) is 1. The Bertz CT molecular complexity index is 602. The summed E-state index contributed by atoms with van der Waals surface area (Å²) in [7, 11) is 0. The number of benzene rings is 2. The van der Waals surface area contributed by atoms with Crippen LogP contribution in [0.25, 0.3) is 0 Å². The van der Waals surface area contributed by atoms with E-state index in [1.54, 1.807) is 18.2 Å². The van der Waals surface area contributed by atoms with Gasteiger partial charge in [-0.05, 0) is 23.8 Å². The fourth-order valence-corrected chi connectivity index (χ4v) is 2.31. The summed E-state index contributed by atoms with van der Waals surface area (Å²) in [5, 5.41) is 2.38. The van der Waals surface area contributed by atoms with Gasteiger partial charge in [-0.15, -0.1) is 0 Å². The van der Waals surface area contributed by atoms with Crippen molar-refractivity contribution in [2.45, 2.75) is 19.3 Å². The fraction of sp³-hybridized carbons (Fsp3) is 0.250. The second-order valence-electron chi connectivity index (χ2n) is 4.75. The Morgan fingerprint density at radius 3 is 2.45 bits per heavy atom. The molecule has 0 spiro atoms. The van der Waals surface area contributed by atoms with Crippen LogP contribution in [0.5, 0.6) is 5.75 Å². The second kappa shape index (κ2) is 7.65. The molecule has 0 atom stereocenters. The molecule has 0 bridgehead atoms. The molecule has 0 fully saturated rings. The standard InChI is InChI=1S/C16H15BrF3NO/c17-14-6-7-15(22-10-12-4-2-1-3-5-12)13(8-14)9-21-11-16(18,19)20/h1-8,21H,9-11H2. The summed E-state index contributed by atoms with van der Waals surface area (Å²) in [6.45, 7) is -0.574. The average Bonchev–Trinajstić information content (AvgIpc) is 2.46. The lowest BCUT2D eigenvalue weighted by molar-refractivity contribution is -0.125. The SMILES string of the molecule is FC(F)(F)CNCc1cc(Br)ccc1OCc1ccccc1. The van der Waals surface area contributed by atoms with E-state index in [4.69, 9.17) is 4.74 Å². The van der Waals surface area contributed by atoms with Gasteiger partial charge >= 0.3 is 6.18 Å². The highest BCUT2D eigenvalue weighted by atomic mass is 79.9. The van der Waals surface area contributed by atoms with Gasteiger partial charge in [-0.3, -0.25) is 0 Å². The molecule has 22 heavy (non-hydrogen) atoms. The monoisotopic (exact) mass is 373 g/mol. The Labute approximate surface area is 135 Å². The van der Waals surface area contributed by atoms with Gasteiger partial charge in [0.25, 0.3) is 0 Å². The number of halogens is 4. The lowest BCUT2D eigenvalue weighted by atomic mass is 10.2. The smallest absolute Gasteiger partial charge is 0.401 e. The van der Waals surface area contributed by atoms with Crippen LogP contribution in [0.3, 0.4) is 0 Å². The van der Waals surface area contributed by atoms with Crippen LogP contribution in [-0.4, -0.2) is 12.7 Å². The van der Waals surface area contributed by atoms with Crippen LogP contribution in [0.4, 0.5) is 13.2 Å². The van der Waals surface area contributed by atoms with E-state index < -0.39 is 12.7 Å². The molecule has 2 nitrogen and oxygen atoms in total. The van der Waals surface area contributed by atoms with Crippen LogP contribution in [-0.2, 0) is 13.2 Å². The molecular weight excluding hydrogens is 359 g/mol. The first-order valence-electron chi connectivity index (χ1n) is 6.67. The lowest BCUT2D eigenvalue weighted by Crippen LogP contribution is -2.28. The van der Waals surface area contributed by atoms with Crippen LogP contribution >= 0.6 is 15.9 Å². The normalized spacial score (nSPS) is 11.5. The third kappa shape index (κ3) is 5.69. The van der Waals surface area contributed by atoms with Gasteiger partial charge in [-0.2, -0.15) is 13.2 Å². The maximum Gasteiger partial charge on any atom is 0.401 e. The molecule has 0 saturated heterocycles. The van der Waals surface area contributed by atoms with Gasteiger partial charge in [0, 0.05) is 16.6 Å². The maximum atomic E-state index is 12.2. The molecule has 2 aromatic carbocycles. The molecule has 0 aliphatic heterocycles. The van der Waals surface area contributed by atoms with Crippen LogP contribution in [0.2, 0.25) is 0 Å². The highest BCUT2D eigenvalue weighted by molar-refractivity contribution is 9.10. The molecule has 0 aliphatic rings. The molecule has 0 unspecified atom stereocenters. The van der Waals surface area contributed by atoms with Crippen molar-refractivity contribution >= 4 is 15.9 Å². The molecule has 2 aromatic rings. The molecular formula is C16H15BrF3NO. The zero-order valence-corrected chi connectivity index (χ0v) is 13.2. The summed E-state index contributed by atoms with van der Waals surface area (Å²) in [4.78, 5) is 0. The van der Waals surface area contributed by atoms with E-state index in [2.05, 4.69) is 21.2 Å². The van der Waals surface area contributed by atoms with Gasteiger partial charge in [-0.1, -0.05) is 46.3 Å². The topological polar surface area (TPSA) is 21.3 Å². The quantitative estimate of drug-likeness (QED) is 0.793. The summed E-state index contributed by atoms with van der Waals surface area (Å²) in [5.41, 5.74) is 1.68. The van der Waals surface area contributed by atoms with Crippen LogP contribution < -0.4 is 10.1 Å². The van der Waals surface area contributed by atoms with Crippen molar-refractivity contribution in [3.63, 3.8) is 0 Å². The zero-order chi connectivity index (χ0) is 16.0. The molecule has 0 saturated carbocycles. The molecule has 0 aromatic heterocycles. The largest absolute Gasteiger partial charge is 0.489 e. The minimum Gasteiger partial charge on any atom is -0.489 e. The number of nitrogens with one attached hydrogen (secondary N) is 1. The summed E-state index contributed by atoms with van der Waals surface area (Å²) in [6, 6.07) is 14.9. The van der Waals surface area contributed by atoms with Gasteiger partial charge in [0.1, 0.15) is 12.4 Å². The minimum atomic E-state index is -4.23. The van der Waals surface area contributed by atoms with Gasteiger partial charge in [0.15, 0.2) is 0 Å². The fourth-order valence-electron chi connectivity index (χ4n) is 1.90. The number of hydrogen-bond acceptors (Lipinski definition) is 2. The third-order valence-electron chi connectivity index (χ3n) is 2.90. The van der Waals surface area contributed by atoms with Crippen LogP contribution in [0, 0.1) is 0 Å². The van der Waals surface area contributed by atoms with Gasteiger partial charge in [-0.25, -0.2) is 0 Å². The Hall–Kier alpha value is -1.53. The molecule has 118 valence electrons. The van der Waals surface area contributed by atoms with Gasteiger partial charge < -0.3 is 10.1 Å². The Morgan fingerprint density at radius 1 is 1.05 bits per heavy atom.